The van der Waals surface area contributed by atoms with Crippen LogP contribution >= 0.6 is 15.9 Å². The van der Waals surface area contributed by atoms with E-state index in [4.69, 9.17) is 4.74 Å². The number of benzene rings is 1. The average molecular weight is 448 g/mol. The number of ether oxygens (including phenoxy) is 1. The van der Waals surface area contributed by atoms with Gasteiger partial charge in [0.15, 0.2) is 0 Å². The van der Waals surface area contributed by atoms with Crippen LogP contribution in [0, 0.1) is 0 Å². The quantitative estimate of drug-likeness (QED) is 0.659. The van der Waals surface area contributed by atoms with Gasteiger partial charge in [-0.1, -0.05) is 6.08 Å². The van der Waals surface area contributed by atoms with Crippen LogP contribution in [0.15, 0.2) is 58.2 Å². The van der Waals surface area contributed by atoms with Gasteiger partial charge in [0.1, 0.15) is 11.4 Å². The van der Waals surface area contributed by atoms with Crippen LogP contribution in [0.25, 0.3) is 16.6 Å². The van der Waals surface area contributed by atoms with E-state index in [9.17, 15) is 8.42 Å². The lowest BCUT2D eigenvalue weighted by molar-refractivity contribution is 0.411. The highest BCUT2D eigenvalue weighted by atomic mass is 79.9. The number of nitrogens with zero attached hydrogens (tertiary/aromatic N) is 2. The molecule has 1 aliphatic rings. The zero-order valence-corrected chi connectivity index (χ0v) is 17.0. The van der Waals surface area contributed by atoms with Crippen LogP contribution in [-0.4, -0.2) is 42.9 Å². The summed E-state index contributed by atoms with van der Waals surface area (Å²) in [5.41, 5.74) is 3.06. The first-order chi connectivity index (χ1) is 13.0. The maximum Gasteiger partial charge on any atom is 0.243 e. The first kappa shape index (κ1) is 18.2. The SMILES string of the molecule is COc1ccc(S(=O)(=O)N2CC=C(c3c[nH]c4ncccc34)CC2)cc1Br. The minimum atomic E-state index is -3.56. The van der Waals surface area contributed by atoms with Crippen LogP contribution in [0.2, 0.25) is 0 Å². The number of rotatable bonds is 4. The number of halogens is 1. The third kappa shape index (κ3) is 3.28. The lowest BCUT2D eigenvalue weighted by Gasteiger charge is -2.26. The van der Waals surface area contributed by atoms with Gasteiger partial charge in [-0.2, -0.15) is 4.31 Å². The first-order valence-electron chi connectivity index (χ1n) is 8.46. The molecule has 0 unspecified atom stereocenters. The van der Waals surface area contributed by atoms with E-state index in [-0.39, 0.29) is 4.90 Å². The minimum absolute atomic E-state index is 0.253. The standard InChI is InChI=1S/C19H18BrN3O3S/c1-26-18-5-4-14(11-17(18)20)27(24,25)23-9-6-13(7-10-23)16-12-22-19-15(16)3-2-8-21-19/h2-6,8,11-12H,7,9-10H2,1H3,(H,21,22). The summed E-state index contributed by atoms with van der Waals surface area (Å²) >= 11 is 3.35. The summed E-state index contributed by atoms with van der Waals surface area (Å²) < 4.78 is 33.2. The summed E-state index contributed by atoms with van der Waals surface area (Å²) in [5, 5.41) is 1.05. The van der Waals surface area contributed by atoms with Crippen LogP contribution in [0.5, 0.6) is 5.75 Å². The van der Waals surface area contributed by atoms with Crippen molar-refractivity contribution in [3.8, 4) is 5.75 Å². The lowest BCUT2D eigenvalue weighted by atomic mass is 10.0. The second kappa shape index (κ2) is 7.10. The molecule has 0 fully saturated rings. The van der Waals surface area contributed by atoms with Gasteiger partial charge in [0, 0.05) is 36.4 Å². The van der Waals surface area contributed by atoms with Crippen molar-refractivity contribution in [1.82, 2.24) is 14.3 Å². The Morgan fingerprint density at radius 1 is 1.30 bits per heavy atom. The molecule has 1 aromatic carbocycles. The predicted octanol–water partition coefficient (Wildman–Crippen LogP) is 3.81. The Kier molecular flexibility index (Phi) is 4.79. The largest absolute Gasteiger partial charge is 0.496 e. The van der Waals surface area contributed by atoms with Crippen LogP contribution in [0.3, 0.4) is 0 Å². The van der Waals surface area contributed by atoms with Crippen LogP contribution < -0.4 is 4.74 Å². The van der Waals surface area contributed by atoms with E-state index >= 15 is 0 Å². The Balaban J connectivity index is 1.60. The van der Waals surface area contributed by atoms with Crippen molar-refractivity contribution < 1.29 is 13.2 Å². The van der Waals surface area contributed by atoms with Gasteiger partial charge in [0.05, 0.1) is 16.5 Å². The maximum absolute atomic E-state index is 13.0. The summed E-state index contributed by atoms with van der Waals surface area (Å²) in [5.74, 6) is 0.600. The summed E-state index contributed by atoms with van der Waals surface area (Å²) in [7, 11) is -2.01. The zero-order chi connectivity index (χ0) is 19.0. The minimum Gasteiger partial charge on any atom is -0.496 e. The second-order valence-electron chi connectivity index (χ2n) is 6.24. The molecule has 8 heteroatoms. The molecule has 6 nitrogen and oxygen atoms in total. The zero-order valence-electron chi connectivity index (χ0n) is 14.6. The predicted molar refractivity (Wildman–Crippen MR) is 108 cm³/mol. The number of sulfonamides is 1. The van der Waals surface area contributed by atoms with E-state index in [0.29, 0.717) is 29.7 Å². The fourth-order valence-corrected chi connectivity index (χ4v) is 5.39. The highest BCUT2D eigenvalue weighted by Crippen LogP contribution is 2.32. The van der Waals surface area contributed by atoms with Crippen LogP contribution in [-0.2, 0) is 10.0 Å². The van der Waals surface area contributed by atoms with Crippen molar-refractivity contribution >= 4 is 42.6 Å². The maximum atomic E-state index is 13.0. The molecule has 0 saturated carbocycles. The smallest absolute Gasteiger partial charge is 0.243 e. The van der Waals surface area contributed by atoms with E-state index < -0.39 is 10.0 Å². The molecule has 140 valence electrons. The number of fused-ring (bicyclic) bond motifs is 1. The number of nitrogens with one attached hydrogen (secondary N) is 1. The fraction of sp³-hybridized carbons (Fsp3) is 0.211. The Hall–Kier alpha value is -2.16. The van der Waals surface area contributed by atoms with E-state index in [0.717, 1.165) is 22.2 Å². The van der Waals surface area contributed by atoms with E-state index in [1.807, 2.05) is 24.4 Å². The van der Waals surface area contributed by atoms with Gasteiger partial charge >= 0.3 is 0 Å². The van der Waals surface area contributed by atoms with Crippen molar-refractivity contribution in [2.75, 3.05) is 20.2 Å². The third-order valence-electron chi connectivity index (χ3n) is 4.73. The average Bonchev–Trinajstić information content (AvgIpc) is 3.12. The van der Waals surface area contributed by atoms with Gasteiger partial charge in [-0.05, 0) is 58.3 Å². The number of aromatic nitrogens is 2. The number of aromatic amines is 1. The lowest BCUT2D eigenvalue weighted by Crippen LogP contribution is -2.34. The molecule has 0 amide bonds. The molecular formula is C19H18BrN3O3S. The first-order valence-corrected chi connectivity index (χ1v) is 10.7. The van der Waals surface area contributed by atoms with Crippen molar-refractivity contribution in [1.29, 1.82) is 0 Å². The van der Waals surface area contributed by atoms with Crippen molar-refractivity contribution in [2.45, 2.75) is 11.3 Å². The molecular weight excluding hydrogens is 430 g/mol. The normalized spacial score (nSPS) is 15.7. The Morgan fingerprint density at radius 2 is 2.15 bits per heavy atom. The molecule has 0 saturated heterocycles. The van der Waals surface area contributed by atoms with Gasteiger partial charge in [0.25, 0.3) is 0 Å². The van der Waals surface area contributed by atoms with Crippen molar-refractivity contribution in [2.24, 2.45) is 0 Å². The number of pyridine rings is 1. The molecule has 3 heterocycles. The van der Waals surface area contributed by atoms with Gasteiger partial charge in [-0.25, -0.2) is 13.4 Å². The van der Waals surface area contributed by atoms with Gasteiger partial charge < -0.3 is 9.72 Å². The summed E-state index contributed by atoms with van der Waals surface area (Å²) in [4.78, 5) is 7.73. The Bertz CT molecular complexity index is 1140. The third-order valence-corrected chi connectivity index (χ3v) is 7.21. The molecule has 0 atom stereocenters. The van der Waals surface area contributed by atoms with E-state index in [1.165, 1.54) is 4.31 Å². The molecule has 3 aromatic rings. The van der Waals surface area contributed by atoms with E-state index in [1.54, 1.807) is 31.5 Å². The Labute approximate surface area is 166 Å². The molecule has 0 bridgehead atoms. The van der Waals surface area contributed by atoms with Crippen molar-refractivity contribution in [3.63, 3.8) is 0 Å². The topological polar surface area (TPSA) is 75.3 Å². The van der Waals surface area contributed by atoms with Gasteiger partial charge in [-0.15, -0.1) is 0 Å². The molecule has 4 rings (SSSR count). The molecule has 0 spiro atoms. The molecule has 0 radical (unpaired) electrons. The molecule has 1 N–H and O–H groups in total. The Morgan fingerprint density at radius 3 is 2.85 bits per heavy atom. The number of methoxy groups -OCH3 is 1. The van der Waals surface area contributed by atoms with Gasteiger partial charge in [0.2, 0.25) is 10.0 Å². The number of hydrogen-bond acceptors (Lipinski definition) is 4. The molecule has 27 heavy (non-hydrogen) atoms. The summed E-state index contributed by atoms with van der Waals surface area (Å²) in [6, 6.07) is 8.73. The molecule has 1 aliphatic heterocycles. The molecule has 2 aromatic heterocycles. The molecule has 0 aliphatic carbocycles. The highest BCUT2D eigenvalue weighted by Gasteiger charge is 2.27. The monoisotopic (exact) mass is 447 g/mol. The summed E-state index contributed by atoms with van der Waals surface area (Å²) in [6.07, 6.45) is 6.32. The number of hydrogen-bond donors (Lipinski definition) is 1. The highest BCUT2D eigenvalue weighted by molar-refractivity contribution is 9.10. The van der Waals surface area contributed by atoms with Crippen LogP contribution in [0.1, 0.15) is 12.0 Å². The van der Waals surface area contributed by atoms with Crippen molar-refractivity contribution in [3.05, 3.63) is 58.8 Å². The van der Waals surface area contributed by atoms with Gasteiger partial charge in [-0.3, -0.25) is 0 Å². The number of H-pyrrole nitrogens is 1. The summed E-state index contributed by atoms with van der Waals surface area (Å²) in [6.45, 7) is 0.777. The second-order valence-corrected chi connectivity index (χ2v) is 9.03. The fourth-order valence-electron chi connectivity index (χ4n) is 3.29. The van der Waals surface area contributed by atoms with Crippen LogP contribution in [0.4, 0.5) is 0 Å². The van der Waals surface area contributed by atoms with E-state index in [2.05, 4.69) is 25.9 Å².